The van der Waals surface area contributed by atoms with Gasteiger partial charge in [0.1, 0.15) is 0 Å². The third kappa shape index (κ3) is 6.60. The lowest BCUT2D eigenvalue weighted by atomic mass is 9.89. The van der Waals surface area contributed by atoms with Gasteiger partial charge in [-0.2, -0.15) is 0 Å². The molecular weight excluding hydrogens is 302 g/mol. The minimum Gasteiger partial charge on any atom is -0.391 e. The Morgan fingerprint density at radius 1 is 0.792 bits per heavy atom. The highest BCUT2D eigenvalue weighted by Crippen LogP contribution is 2.20. The minimum atomic E-state index is -0.281. The van der Waals surface area contributed by atoms with Gasteiger partial charge in [-0.15, -0.1) is 0 Å². The van der Waals surface area contributed by atoms with Gasteiger partial charge in [-0.25, -0.2) is 0 Å². The van der Waals surface area contributed by atoms with Crippen molar-refractivity contribution in [1.82, 2.24) is 14.7 Å². The first kappa shape index (κ1) is 20.1. The Morgan fingerprint density at radius 2 is 1.21 bits per heavy atom. The Hall–Kier alpha value is -0.200. The molecule has 2 heterocycles. The van der Waals surface area contributed by atoms with Crippen LogP contribution in [0.3, 0.4) is 0 Å². The molecule has 2 N–H and O–H groups in total. The van der Waals surface area contributed by atoms with E-state index in [0.29, 0.717) is 0 Å². The summed E-state index contributed by atoms with van der Waals surface area (Å²) in [7, 11) is 0. The van der Waals surface area contributed by atoms with Gasteiger partial charge in [0.25, 0.3) is 0 Å². The second kappa shape index (κ2) is 8.95. The molecule has 142 valence electrons. The number of hydrogen-bond donors (Lipinski definition) is 2. The van der Waals surface area contributed by atoms with Gasteiger partial charge in [-0.1, -0.05) is 27.7 Å². The summed E-state index contributed by atoms with van der Waals surface area (Å²) >= 11 is 0. The first-order valence-electron chi connectivity index (χ1n) is 9.77. The van der Waals surface area contributed by atoms with Crippen LogP contribution in [0.1, 0.15) is 40.5 Å². The summed E-state index contributed by atoms with van der Waals surface area (Å²) < 4.78 is 0. The van der Waals surface area contributed by atoms with E-state index in [4.69, 9.17) is 0 Å². The van der Waals surface area contributed by atoms with Crippen molar-refractivity contribution >= 4 is 0 Å². The van der Waals surface area contributed by atoms with E-state index in [1.165, 1.54) is 12.8 Å². The SMILES string of the molecule is CC1CCN(CC(O)CN2CCN(CC(O)C(C)(C)C)CC2)CC1. The Morgan fingerprint density at radius 3 is 1.67 bits per heavy atom. The monoisotopic (exact) mass is 341 g/mol. The summed E-state index contributed by atoms with van der Waals surface area (Å²) in [6, 6.07) is 0. The third-order valence-electron chi connectivity index (χ3n) is 5.71. The summed E-state index contributed by atoms with van der Waals surface area (Å²) in [5.41, 5.74) is -0.0563. The van der Waals surface area contributed by atoms with E-state index in [0.717, 1.165) is 64.8 Å². The molecule has 2 atom stereocenters. The summed E-state index contributed by atoms with van der Waals surface area (Å²) in [6.45, 7) is 17.2. The summed E-state index contributed by atoms with van der Waals surface area (Å²) in [4.78, 5) is 7.14. The largest absolute Gasteiger partial charge is 0.391 e. The smallest absolute Gasteiger partial charge is 0.0793 e. The molecular formula is C19H39N3O2. The van der Waals surface area contributed by atoms with Gasteiger partial charge >= 0.3 is 0 Å². The van der Waals surface area contributed by atoms with Crippen molar-refractivity contribution in [2.45, 2.75) is 52.7 Å². The second-order valence-corrected chi connectivity index (χ2v) is 9.12. The van der Waals surface area contributed by atoms with Crippen molar-refractivity contribution in [3.8, 4) is 0 Å². The molecule has 2 aliphatic rings. The molecule has 0 spiro atoms. The molecule has 0 aliphatic carbocycles. The molecule has 0 amide bonds. The van der Waals surface area contributed by atoms with Crippen molar-refractivity contribution in [2.75, 3.05) is 58.9 Å². The third-order valence-corrected chi connectivity index (χ3v) is 5.71. The van der Waals surface area contributed by atoms with Crippen LogP contribution in [0.25, 0.3) is 0 Å². The van der Waals surface area contributed by atoms with Gasteiger partial charge in [0.15, 0.2) is 0 Å². The number of rotatable bonds is 6. The van der Waals surface area contributed by atoms with E-state index >= 15 is 0 Å². The van der Waals surface area contributed by atoms with Crippen molar-refractivity contribution in [2.24, 2.45) is 11.3 Å². The Balaban J connectivity index is 1.63. The fraction of sp³-hybridized carbons (Fsp3) is 1.00. The lowest BCUT2D eigenvalue weighted by Crippen LogP contribution is -2.52. The highest BCUT2D eigenvalue weighted by Gasteiger charge is 2.27. The van der Waals surface area contributed by atoms with Gasteiger partial charge in [-0.05, 0) is 37.3 Å². The van der Waals surface area contributed by atoms with E-state index < -0.39 is 0 Å². The van der Waals surface area contributed by atoms with Crippen molar-refractivity contribution in [3.63, 3.8) is 0 Å². The number of aliphatic hydroxyl groups excluding tert-OH is 2. The van der Waals surface area contributed by atoms with Gasteiger partial charge in [0, 0.05) is 45.8 Å². The van der Waals surface area contributed by atoms with E-state index in [1.54, 1.807) is 0 Å². The zero-order chi connectivity index (χ0) is 17.7. The average molecular weight is 342 g/mol. The van der Waals surface area contributed by atoms with Crippen molar-refractivity contribution in [1.29, 1.82) is 0 Å². The maximum atomic E-state index is 10.4. The van der Waals surface area contributed by atoms with E-state index in [-0.39, 0.29) is 17.6 Å². The van der Waals surface area contributed by atoms with Crippen molar-refractivity contribution < 1.29 is 10.2 Å². The molecule has 5 nitrogen and oxygen atoms in total. The Kier molecular flexibility index (Phi) is 7.50. The molecule has 2 aliphatic heterocycles. The molecule has 2 saturated heterocycles. The van der Waals surface area contributed by atoms with E-state index in [9.17, 15) is 10.2 Å². The van der Waals surface area contributed by atoms with E-state index in [1.807, 2.05) is 0 Å². The van der Waals surface area contributed by atoms with Crippen LogP contribution in [-0.2, 0) is 0 Å². The topological polar surface area (TPSA) is 50.2 Å². The number of hydrogen-bond acceptors (Lipinski definition) is 5. The molecule has 2 unspecified atom stereocenters. The molecule has 0 aromatic heterocycles. The second-order valence-electron chi connectivity index (χ2n) is 9.12. The summed E-state index contributed by atoms with van der Waals surface area (Å²) in [6.07, 6.45) is 2.00. The zero-order valence-electron chi connectivity index (χ0n) is 16.2. The maximum Gasteiger partial charge on any atom is 0.0793 e. The first-order valence-corrected chi connectivity index (χ1v) is 9.77. The van der Waals surface area contributed by atoms with Crippen LogP contribution >= 0.6 is 0 Å². The van der Waals surface area contributed by atoms with Gasteiger partial charge < -0.3 is 15.1 Å². The minimum absolute atomic E-state index is 0.0563. The van der Waals surface area contributed by atoms with Crippen LogP contribution < -0.4 is 0 Å². The molecule has 0 saturated carbocycles. The quantitative estimate of drug-likeness (QED) is 0.758. The average Bonchev–Trinajstić information content (AvgIpc) is 2.50. The van der Waals surface area contributed by atoms with Gasteiger partial charge in [0.05, 0.1) is 12.2 Å². The number of piperidine rings is 1. The lowest BCUT2D eigenvalue weighted by Gasteiger charge is -2.39. The Labute approximate surface area is 148 Å². The fourth-order valence-electron chi connectivity index (χ4n) is 3.57. The molecule has 2 fully saturated rings. The van der Waals surface area contributed by atoms with E-state index in [2.05, 4.69) is 42.4 Å². The van der Waals surface area contributed by atoms with Crippen LogP contribution in [0.2, 0.25) is 0 Å². The molecule has 0 radical (unpaired) electrons. The van der Waals surface area contributed by atoms with Crippen LogP contribution in [0, 0.1) is 11.3 Å². The van der Waals surface area contributed by atoms with Crippen LogP contribution in [0.4, 0.5) is 0 Å². The molecule has 0 aromatic rings. The molecule has 2 rings (SSSR count). The number of aliphatic hydroxyl groups is 2. The number of β-amino-alcohol motifs (C(OH)–C–C–N with tert-alkyl or cyclic N) is 2. The highest BCUT2D eigenvalue weighted by atomic mass is 16.3. The van der Waals surface area contributed by atoms with Crippen LogP contribution in [0.5, 0.6) is 0 Å². The zero-order valence-corrected chi connectivity index (χ0v) is 16.2. The van der Waals surface area contributed by atoms with Crippen LogP contribution in [-0.4, -0.2) is 96.0 Å². The van der Waals surface area contributed by atoms with Crippen LogP contribution in [0.15, 0.2) is 0 Å². The number of nitrogens with zero attached hydrogens (tertiary/aromatic N) is 3. The molecule has 0 bridgehead atoms. The number of likely N-dealkylation sites (tertiary alicyclic amines) is 1. The highest BCUT2D eigenvalue weighted by molar-refractivity contribution is 4.81. The fourth-order valence-corrected chi connectivity index (χ4v) is 3.57. The van der Waals surface area contributed by atoms with Crippen molar-refractivity contribution in [3.05, 3.63) is 0 Å². The molecule has 24 heavy (non-hydrogen) atoms. The Bertz CT molecular complexity index is 356. The first-order chi connectivity index (χ1) is 11.2. The number of piperazine rings is 1. The predicted molar refractivity (Wildman–Crippen MR) is 99.2 cm³/mol. The maximum absolute atomic E-state index is 10.4. The summed E-state index contributed by atoms with van der Waals surface area (Å²) in [5, 5.41) is 20.7. The summed E-state index contributed by atoms with van der Waals surface area (Å²) in [5.74, 6) is 0.843. The molecule has 0 aromatic carbocycles. The lowest BCUT2D eigenvalue weighted by molar-refractivity contribution is 0.00341. The normalized spacial score (nSPS) is 25.8. The molecule has 5 heteroatoms. The standard InChI is InChI=1S/C19H39N3O2/c1-16-5-7-20(8-6-16)13-17(23)14-21-9-11-22(12-10-21)15-18(24)19(2,3)4/h16-18,23-24H,5-15H2,1-4H3. The predicted octanol–water partition coefficient (Wildman–Crippen LogP) is 1.10. The van der Waals surface area contributed by atoms with Gasteiger partial charge in [0.2, 0.25) is 0 Å². The van der Waals surface area contributed by atoms with Gasteiger partial charge in [-0.3, -0.25) is 9.80 Å².